The monoisotopic (exact) mass is 338 g/mol. The molecule has 130 valence electrons. The average Bonchev–Trinajstić information content (AvgIpc) is 3.06. The molecule has 3 rings (SSSR count). The molecular weight excluding hydrogens is 316 g/mol. The number of anilines is 1. The second-order valence-corrected chi connectivity index (χ2v) is 6.11. The van der Waals surface area contributed by atoms with E-state index in [0.29, 0.717) is 18.7 Å². The third kappa shape index (κ3) is 4.38. The van der Waals surface area contributed by atoms with Crippen LogP contribution >= 0.6 is 0 Å². The Hall–Kier alpha value is -2.82. The van der Waals surface area contributed by atoms with Crippen molar-refractivity contribution in [1.82, 2.24) is 5.32 Å². The lowest BCUT2D eigenvalue weighted by molar-refractivity contribution is -0.127. The molecular formula is C20H22N2O3. The number of carbonyl (C=O) groups excluding carboxylic acids is 2. The lowest BCUT2D eigenvalue weighted by Gasteiger charge is -2.19. The summed E-state index contributed by atoms with van der Waals surface area (Å²) in [6, 6.07) is 17.1. The van der Waals surface area contributed by atoms with E-state index in [-0.39, 0.29) is 11.8 Å². The summed E-state index contributed by atoms with van der Waals surface area (Å²) in [5, 5.41) is 2.87. The molecule has 0 aromatic heterocycles. The topological polar surface area (TPSA) is 58.6 Å². The first-order valence-corrected chi connectivity index (χ1v) is 8.52. The summed E-state index contributed by atoms with van der Waals surface area (Å²) in [5.41, 5.74) is 1.86. The number of ether oxygens (including phenoxy) is 1. The Kier molecular flexibility index (Phi) is 5.33. The first-order chi connectivity index (χ1) is 12.1. The number of amides is 2. The van der Waals surface area contributed by atoms with Gasteiger partial charge in [0.1, 0.15) is 5.75 Å². The van der Waals surface area contributed by atoms with Crippen molar-refractivity contribution in [3.63, 3.8) is 0 Å². The number of carbonyl (C=O) groups is 2. The molecule has 1 saturated heterocycles. The second kappa shape index (κ2) is 7.83. The highest BCUT2D eigenvalue weighted by molar-refractivity contribution is 5.95. The molecule has 0 unspecified atom stereocenters. The summed E-state index contributed by atoms with van der Waals surface area (Å²) in [4.78, 5) is 25.8. The van der Waals surface area contributed by atoms with E-state index in [0.717, 1.165) is 24.2 Å². The fraction of sp³-hybridized carbons (Fsp3) is 0.300. The summed E-state index contributed by atoms with van der Waals surface area (Å²) in [7, 11) is 0. The predicted molar refractivity (Wildman–Crippen MR) is 96.4 cm³/mol. The lowest BCUT2D eigenvalue weighted by Crippen LogP contribution is -2.35. The van der Waals surface area contributed by atoms with Gasteiger partial charge in [-0.2, -0.15) is 0 Å². The van der Waals surface area contributed by atoms with E-state index in [4.69, 9.17) is 4.74 Å². The van der Waals surface area contributed by atoms with Crippen LogP contribution in [-0.4, -0.2) is 24.5 Å². The fourth-order valence-electron chi connectivity index (χ4n) is 2.83. The van der Waals surface area contributed by atoms with Crippen LogP contribution in [0.15, 0.2) is 54.6 Å². The summed E-state index contributed by atoms with van der Waals surface area (Å²) in [6.45, 7) is 2.92. The zero-order valence-corrected chi connectivity index (χ0v) is 14.3. The van der Waals surface area contributed by atoms with Gasteiger partial charge in [-0.1, -0.05) is 36.4 Å². The van der Waals surface area contributed by atoms with E-state index in [9.17, 15) is 9.59 Å². The molecule has 1 fully saturated rings. The number of nitrogens with one attached hydrogen (secondary N) is 1. The van der Waals surface area contributed by atoms with Crippen LogP contribution in [0.4, 0.5) is 5.69 Å². The maximum Gasteiger partial charge on any atom is 0.261 e. The van der Waals surface area contributed by atoms with E-state index in [1.54, 1.807) is 17.9 Å². The van der Waals surface area contributed by atoms with Gasteiger partial charge < -0.3 is 15.0 Å². The van der Waals surface area contributed by atoms with Crippen LogP contribution in [0.25, 0.3) is 0 Å². The van der Waals surface area contributed by atoms with Gasteiger partial charge in [-0.3, -0.25) is 9.59 Å². The van der Waals surface area contributed by atoms with Gasteiger partial charge in [-0.25, -0.2) is 0 Å². The van der Waals surface area contributed by atoms with Gasteiger partial charge in [0.15, 0.2) is 6.10 Å². The van der Waals surface area contributed by atoms with E-state index in [1.165, 1.54) is 0 Å². The van der Waals surface area contributed by atoms with E-state index < -0.39 is 6.10 Å². The molecule has 0 spiro atoms. The zero-order valence-electron chi connectivity index (χ0n) is 14.3. The number of hydrogen-bond donors (Lipinski definition) is 1. The van der Waals surface area contributed by atoms with Gasteiger partial charge >= 0.3 is 0 Å². The third-order valence-electron chi connectivity index (χ3n) is 4.19. The number of hydrogen-bond acceptors (Lipinski definition) is 3. The maximum atomic E-state index is 12.2. The molecule has 1 aliphatic rings. The fourth-order valence-corrected chi connectivity index (χ4v) is 2.83. The smallest absolute Gasteiger partial charge is 0.261 e. The number of nitrogens with zero attached hydrogens (tertiary/aromatic N) is 1. The molecule has 2 amide bonds. The summed E-state index contributed by atoms with van der Waals surface area (Å²) >= 11 is 0. The Morgan fingerprint density at radius 1 is 1.20 bits per heavy atom. The lowest BCUT2D eigenvalue weighted by atomic mass is 10.2. The Bertz CT molecular complexity index is 746. The van der Waals surface area contributed by atoms with E-state index in [1.807, 2.05) is 48.5 Å². The van der Waals surface area contributed by atoms with Gasteiger partial charge in [-0.15, -0.1) is 0 Å². The largest absolute Gasteiger partial charge is 0.481 e. The second-order valence-electron chi connectivity index (χ2n) is 6.11. The highest BCUT2D eigenvalue weighted by atomic mass is 16.5. The normalized spacial score (nSPS) is 15.1. The number of rotatable bonds is 6. The summed E-state index contributed by atoms with van der Waals surface area (Å²) < 4.78 is 5.75. The van der Waals surface area contributed by atoms with Crippen LogP contribution in [0.1, 0.15) is 25.3 Å². The van der Waals surface area contributed by atoms with Gasteiger partial charge in [0.05, 0.1) is 0 Å². The Morgan fingerprint density at radius 2 is 2.00 bits per heavy atom. The van der Waals surface area contributed by atoms with Crippen LogP contribution in [0.5, 0.6) is 5.75 Å². The Labute approximate surface area is 147 Å². The molecule has 25 heavy (non-hydrogen) atoms. The molecule has 5 nitrogen and oxygen atoms in total. The van der Waals surface area contributed by atoms with Crippen molar-refractivity contribution >= 4 is 17.5 Å². The highest BCUT2D eigenvalue weighted by Crippen LogP contribution is 2.25. The standard InChI is InChI=1S/C20H22N2O3/c1-15(20(24)21-14-16-7-3-2-4-8-16)25-18-10-5-9-17(13-18)22-12-6-11-19(22)23/h2-5,7-10,13,15H,6,11-12,14H2,1H3,(H,21,24)/t15-/m0/s1. The molecule has 0 bridgehead atoms. The number of benzene rings is 2. The Balaban J connectivity index is 1.57. The minimum atomic E-state index is -0.617. The van der Waals surface area contributed by atoms with Crippen LogP contribution in [0, 0.1) is 0 Å². The molecule has 2 aromatic carbocycles. The molecule has 5 heteroatoms. The van der Waals surface area contributed by atoms with Crippen molar-refractivity contribution in [2.45, 2.75) is 32.4 Å². The molecule has 0 radical (unpaired) electrons. The van der Waals surface area contributed by atoms with Crippen LogP contribution < -0.4 is 15.0 Å². The first kappa shape index (κ1) is 17.0. The average molecular weight is 338 g/mol. The molecule has 0 aliphatic carbocycles. The van der Waals surface area contributed by atoms with Crippen LogP contribution in [0.2, 0.25) is 0 Å². The summed E-state index contributed by atoms with van der Waals surface area (Å²) in [6.07, 6.45) is 0.847. The molecule has 1 heterocycles. The Morgan fingerprint density at radius 3 is 2.72 bits per heavy atom. The molecule has 1 aliphatic heterocycles. The van der Waals surface area contributed by atoms with Crippen molar-refractivity contribution in [2.75, 3.05) is 11.4 Å². The van der Waals surface area contributed by atoms with Crippen LogP contribution in [0.3, 0.4) is 0 Å². The van der Waals surface area contributed by atoms with Crippen LogP contribution in [-0.2, 0) is 16.1 Å². The molecule has 1 atom stereocenters. The maximum absolute atomic E-state index is 12.2. The minimum Gasteiger partial charge on any atom is -0.481 e. The summed E-state index contributed by atoms with van der Waals surface area (Å²) in [5.74, 6) is 0.539. The van der Waals surface area contributed by atoms with Gasteiger partial charge in [0.2, 0.25) is 5.91 Å². The van der Waals surface area contributed by atoms with Gasteiger partial charge in [-0.05, 0) is 31.0 Å². The van der Waals surface area contributed by atoms with Crippen molar-refractivity contribution in [3.05, 3.63) is 60.2 Å². The van der Waals surface area contributed by atoms with E-state index >= 15 is 0 Å². The zero-order chi connectivity index (χ0) is 17.6. The molecule has 0 saturated carbocycles. The molecule has 1 N–H and O–H groups in total. The molecule has 2 aromatic rings. The highest BCUT2D eigenvalue weighted by Gasteiger charge is 2.22. The van der Waals surface area contributed by atoms with Gasteiger partial charge in [0.25, 0.3) is 5.91 Å². The SMILES string of the molecule is C[C@H](Oc1cccc(N2CCCC2=O)c1)C(=O)NCc1ccccc1. The van der Waals surface area contributed by atoms with Gasteiger partial charge in [0, 0.05) is 31.3 Å². The quantitative estimate of drug-likeness (QED) is 0.881. The van der Waals surface area contributed by atoms with Crippen molar-refractivity contribution in [1.29, 1.82) is 0 Å². The predicted octanol–water partition coefficient (Wildman–Crippen LogP) is 2.90. The third-order valence-corrected chi connectivity index (χ3v) is 4.19. The first-order valence-electron chi connectivity index (χ1n) is 8.52. The minimum absolute atomic E-state index is 0.130. The van der Waals surface area contributed by atoms with Crippen molar-refractivity contribution < 1.29 is 14.3 Å². The van der Waals surface area contributed by atoms with E-state index in [2.05, 4.69) is 5.32 Å². The van der Waals surface area contributed by atoms with Crippen molar-refractivity contribution in [2.24, 2.45) is 0 Å². The van der Waals surface area contributed by atoms with Crippen molar-refractivity contribution in [3.8, 4) is 5.75 Å².